The highest BCUT2D eigenvalue weighted by Crippen LogP contribution is 2.11. The molecule has 0 heterocycles. The van der Waals surface area contributed by atoms with Crippen molar-refractivity contribution in [1.29, 1.82) is 0 Å². The fourth-order valence-electron chi connectivity index (χ4n) is 3.30. The lowest BCUT2D eigenvalue weighted by Gasteiger charge is -2.26. The number of rotatable bonds is 19. The Labute approximate surface area is 172 Å². The van der Waals surface area contributed by atoms with Gasteiger partial charge in [0.15, 0.2) is 0 Å². The van der Waals surface area contributed by atoms with E-state index >= 15 is 0 Å². The van der Waals surface area contributed by atoms with Crippen LogP contribution >= 0.6 is 0 Å². The molecule has 0 rings (SSSR count). The first-order valence-electron chi connectivity index (χ1n) is 11.3. The lowest BCUT2D eigenvalue weighted by molar-refractivity contribution is -0.133. The van der Waals surface area contributed by atoms with Gasteiger partial charge in [-0.3, -0.25) is 9.69 Å². The van der Waals surface area contributed by atoms with Gasteiger partial charge in [0, 0.05) is 20.2 Å². The second-order valence-electron chi connectivity index (χ2n) is 8.19. The smallest absolute Gasteiger partial charge is 0.236 e. The molecule has 0 spiro atoms. The zero-order valence-corrected chi connectivity index (χ0v) is 18.6. The number of carbonyl (C=O) groups is 1. The largest absolute Gasteiger partial charge is 0.396 e. The van der Waals surface area contributed by atoms with Gasteiger partial charge in [0.05, 0.1) is 18.8 Å². The molecule has 6 heteroatoms. The van der Waals surface area contributed by atoms with Gasteiger partial charge < -0.3 is 20.2 Å². The van der Waals surface area contributed by atoms with Crippen LogP contribution in [0.15, 0.2) is 0 Å². The molecule has 0 aromatic rings. The zero-order valence-electron chi connectivity index (χ0n) is 18.6. The Morgan fingerprint density at radius 1 is 0.821 bits per heavy atom. The van der Waals surface area contributed by atoms with Crippen LogP contribution in [0.4, 0.5) is 0 Å². The van der Waals surface area contributed by atoms with Gasteiger partial charge >= 0.3 is 0 Å². The molecule has 0 bridgehead atoms. The van der Waals surface area contributed by atoms with Crippen LogP contribution in [-0.4, -0.2) is 83.6 Å². The molecule has 0 aliphatic heterocycles. The third-order valence-corrected chi connectivity index (χ3v) is 5.29. The maximum absolute atomic E-state index is 12.3. The summed E-state index contributed by atoms with van der Waals surface area (Å²) >= 11 is 0. The molecule has 1 amide bonds. The van der Waals surface area contributed by atoms with Crippen LogP contribution in [0.3, 0.4) is 0 Å². The number of hydrogen-bond donors (Lipinski definition) is 3. The molecule has 0 aromatic heterocycles. The van der Waals surface area contributed by atoms with Crippen LogP contribution < -0.4 is 0 Å². The lowest BCUT2D eigenvalue weighted by atomic mass is 10.1. The summed E-state index contributed by atoms with van der Waals surface area (Å²) < 4.78 is 0. The molecule has 3 N–H and O–H groups in total. The Kier molecular flexibility index (Phi) is 17.9. The number of likely N-dealkylation sites (N-methyl/N-ethyl adjacent to an activating group) is 2. The van der Waals surface area contributed by atoms with Gasteiger partial charge in [0.2, 0.25) is 5.91 Å². The third-order valence-electron chi connectivity index (χ3n) is 5.29. The molecule has 0 aliphatic rings. The van der Waals surface area contributed by atoms with Gasteiger partial charge in [-0.15, -0.1) is 0 Å². The number of unbranched alkanes of at least 4 members (excludes halogenated alkanes) is 9. The van der Waals surface area contributed by atoms with Crippen LogP contribution in [0.1, 0.15) is 84.0 Å². The molecule has 0 radical (unpaired) electrons. The number of nitrogens with zero attached hydrogens (tertiary/aromatic N) is 2. The second-order valence-corrected chi connectivity index (χ2v) is 8.19. The fraction of sp³-hybridized carbons (Fsp3) is 0.955. The summed E-state index contributed by atoms with van der Waals surface area (Å²) in [7, 11) is 3.60. The Bertz CT molecular complexity index is 368. The second kappa shape index (κ2) is 18.3. The Balaban J connectivity index is 3.74. The molecule has 0 fully saturated rings. The molecule has 2 atom stereocenters. The number of amides is 1. The average Bonchev–Trinajstić information content (AvgIpc) is 2.67. The van der Waals surface area contributed by atoms with Crippen LogP contribution in [0.25, 0.3) is 0 Å². The quantitative estimate of drug-likeness (QED) is 0.289. The van der Waals surface area contributed by atoms with E-state index in [2.05, 4.69) is 6.92 Å². The highest BCUT2D eigenvalue weighted by molar-refractivity contribution is 5.77. The van der Waals surface area contributed by atoms with E-state index in [0.29, 0.717) is 19.4 Å². The minimum Gasteiger partial charge on any atom is -0.396 e. The Morgan fingerprint density at radius 2 is 1.36 bits per heavy atom. The normalized spacial score (nSPS) is 13.7. The van der Waals surface area contributed by atoms with Crippen molar-refractivity contribution in [3.8, 4) is 0 Å². The van der Waals surface area contributed by atoms with Crippen LogP contribution in [-0.2, 0) is 4.79 Å². The van der Waals surface area contributed by atoms with Crippen molar-refractivity contribution >= 4 is 5.91 Å². The van der Waals surface area contributed by atoms with E-state index in [-0.39, 0.29) is 19.1 Å². The standard InChI is InChI=1S/C22H46N2O4/c1-4-5-6-7-8-9-10-11-12-13-16-23(2)19-22(28)24(3)18-21(27)20(26)15-14-17-25/h20-21,25-27H,4-19H2,1-3H3. The van der Waals surface area contributed by atoms with Crippen LogP contribution in [0.2, 0.25) is 0 Å². The maximum Gasteiger partial charge on any atom is 0.236 e. The van der Waals surface area contributed by atoms with Crippen molar-refractivity contribution in [2.75, 3.05) is 40.3 Å². The molecular formula is C22H46N2O4. The summed E-state index contributed by atoms with van der Waals surface area (Å²) in [5.41, 5.74) is 0. The van der Waals surface area contributed by atoms with Crippen LogP contribution in [0, 0.1) is 0 Å². The predicted molar refractivity (Wildman–Crippen MR) is 115 cm³/mol. The van der Waals surface area contributed by atoms with E-state index in [4.69, 9.17) is 5.11 Å². The number of aliphatic hydroxyl groups is 3. The van der Waals surface area contributed by atoms with E-state index < -0.39 is 12.2 Å². The summed E-state index contributed by atoms with van der Waals surface area (Å²) in [4.78, 5) is 15.8. The molecule has 0 saturated carbocycles. The van der Waals surface area contributed by atoms with Gasteiger partial charge in [-0.05, 0) is 32.9 Å². The maximum atomic E-state index is 12.3. The molecular weight excluding hydrogens is 356 g/mol. The summed E-state index contributed by atoms with van der Waals surface area (Å²) in [6.45, 7) is 3.57. The monoisotopic (exact) mass is 402 g/mol. The van der Waals surface area contributed by atoms with Gasteiger partial charge in [-0.25, -0.2) is 0 Å². The lowest BCUT2D eigenvalue weighted by Crippen LogP contribution is -2.43. The van der Waals surface area contributed by atoms with Gasteiger partial charge in [0.1, 0.15) is 0 Å². The summed E-state index contributed by atoms with van der Waals surface area (Å²) in [5.74, 6) is -0.0528. The summed E-state index contributed by atoms with van der Waals surface area (Å²) in [5, 5.41) is 28.5. The third kappa shape index (κ3) is 15.3. The first kappa shape index (κ1) is 27.3. The molecule has 2 unspecified atom stereocenters. The van der Waals surface area contributed by atoms with E-state index in [1.54, 1.807) is 7.05 Å². The van der Waals surface area contributed by atoms with Crippen molar-refractivity contribution in [3.63, 3.8) is 0 Å². The van der Waals surface area contributed by atoms with Crippen molar-refractivity contribution in [2.45, 2.75) is 96.2 Å². The molecule has 0 aliphatic carbocycles. The van der Waals surface area contributed by atoms with E-state index in [0.717, 1.165) is 13.0 Å². The topological polar surface area (TPSA) is 84.2 Å². The van der Waals surface area contributed by atoms with Crippen LogP contribution in [0.5, 0.6) is 0 Å². The Hall–Kier alpha value is -0.690. The predicted octanol–water partition coefficient (Wildman–Crippen LogP) is 2.79. The molecule has 28 heavy (non-hydrogen) atoms. The first-order chi connectivity index (χ1) is 13.4. The van der Waals surface area contributed by atoms with E-state index in [9.17, 15) is 15.0 Å². The minimum absolute atomic E-state index is 0.0116. The highest BCUT2D eigenvalue weighted by atomic mass is 16.3. The number of carbonyl (C=O) groups excluding carboxylic acids is 1. The zero-order chi connectivity index (χ0) is 21.2. The highest BCUT2D eigenvalue weighted by Gasteiger charge is 2.20. The minimum atomic E-state index is -0.979. The molecule has 0 saturated heterocycles. The fourth-order valence-corrected chi connectivity index (χ4v) is 3.30. The Morgan fingerprint density at radius 3 is 1.89 bits per heavy atom. The van der Waals surface area contributed by atoms with E-state index in [1.807, 2.05) is 11.9 Å². The van der Waals surface area contributed by atoms with Gasteiger partial charge in [0.25, 0.3) is 0 Å². The van der Waals surface area contributed by atoms with Crippen molar-refractivity contribution in [2.24, 2.45) is 0 Å². The SMILES string of the molecule is CCCCCCCCCCCCN(C)CC(=O)N(C)CC(O)C(O)CCCO. The number of aliphatic hydroxyl groups excluding tert-OH is 3. The van der Waals surface area contributed by atoms with Crippen molar-refractivity contribution in [1.82, 2.24) is 9.80 Å². The van der Waals surface area contributed by atoms with Gasteiger partial charge in [-0.2, -0.15) is 0 Å². The van der Waals surface area contributed by atoms with Crippen molar-refractivity contribution < 1.29 is 20.1 Å². The van der Waals surface area contributed by atoms with Crippen molar-refractivity contribution in [3.05, 3.63) is 0 Å². The first-order valence-corrected chi connectivity index (χ1v) is 11.3. The van der Waals surface area contributed by atoms with Gasteiger partial charge in [-0.1, -0.05) is 64.7 Å². The van der Waals surface area contributed by atoms with E-state index in [1.165, 1.54) is 62.7 Å². The molecule has 0 aromatic carbocycles. The molecule has 168 valence electrons. The summed E-state index contributed by atoms with van der Waals surface area (Å²) in [6.07, 6.45) is 11.9. The number of hydrogen-bond acceptors (Lipinski definition) is 5. The molecule has 6 nitrogen and oxygen atoms in total. The average molecular weight is 403 g/mol. The summed E-state index contributed by atoms with van der Waals surface area (Å²) in [6, 6.07) is 0.